The van der Waals surface area contributed by atoms with Crippen LogP contribution in [0.1, 0.15) is 60.8 Å². The Morgan fingerprint density at radius 2 is 1.67 bits per heavy atom. The number of nitrogens with zero attached hydrogens (tertiary/aromatic N) is 1. The minimum Gasteiger partial charge on any atom is -0.391 e. The molecule has 0 amide bonds. The molecule has 1 fully saturated rings. The number of hydrogen-bond donors (Lipinski definition) is 1. The summed E-state index contributed by atoms with van der Waals surface area (Å²) in [6.45, 7) is 14.9. The second-order valence-corrected chi connectivity index (χ2v) is 6.79. The molecule has 18 heavy (non-hydrogen) atoms. The number of piperidine rings is 1. The number of likely N-dealkylation sites (tertiary alicyclic amines) is 1. The van der Waals surface area contributed by atoms with Gasteiger partial charge in [0, 0.05) is 11.1 Å². The molecule has 1 aliphatic rings. The summed E-state index contributed by atoms with van der Waals surface area (Å²) in [6.07, 6.45) is 2.79. The minimum absolute atomic E-state index is 0.165. The van der Waals surface area contributed by atoms with Crippen molar-refractivity contribution in [2.45, 2.75) is 84.1 Å². The molecule has 1 N–H and O–H groups in total. The van der Waals surface area contributed by atoms with Crippen molar-refractivity contribution in [2.75, 3.05) is 13.2 Å². The summed E-state index contributed by atoms with van der Waals surface area (Å²) < 4.78 is 5.92. The van der Waals surface area contributed by atoms with Crippen molar-refractivity contribution in [3.8, 4) is 0 Å². The Hall–Kier alpha value is -0.120. The zero-order valence-corrected chi connectivity index (χ0v) is 13.0. The standard InChI is InChI=1S/C15H31NO2/c1-7-12(17)11-18-13-9-14(3,4)16(8-2)15(5,6)10-13/h12-13,17H,7-11H2,1-6H3. The molecule has 1 heterocycles. The van der Waals surface area contributed by atoms with Crippen LogP contribution < -0.4 is 0 Å². The zero-order valence-electron chi connectivity index (χ0n) is 13.0. The quantitative estimate of drug-likeness (QED) is 0.822. The normalized spacial score (nSPS) is 26.2. The van der Waals surface area contributed by atoms with E-state index in [-0.39, 0.29) is 23.3 Å². The summed E-state index contributed by atoms with van der Waals surface area (Å²) in [5.41, 5.74) is 0.330. The van der Waals surface area contributed by atoms with Gasteiger partial charge in [-0.05, 0) is 53.5 Å². The lowest BCUT2D eigenvalue weighted by molar-refractivity contribution is -0.114. The van der Waals surface area contributed by atoms with Crippen LogP contribution in [0.3, 0.4) is 0 Å². The highest BCUT2D eigenvalue weighted by atomic mass is 16.5. The first kappa shape index (κ1) is 15.9. The van der Waals surface area contributed by atoms with Crippen LogP contribution in [-0.4, -0.2) is 46.4 Å². The van der Waals surface area contributed by atoms with Gasteiger partial charge in [-0.25, -0.2) is 0 Å². The molecule has 3 heteroatoms. The lowest BCUT2D eigenvalue weighted by atomic mass is 9.78. The van der Waals surface area contributed by atoms with E-state index in [9.17, 15) is 5.11 Å². The van der Waals surface area contributed by atoms with E-state index in [2.05, 4.69) is 39.5 Å². The summed E-state index contributed by atoms with van der Waals surface area (Å²) in [5, 5.41) is 9.61. The van der Waals surface area contributed by atoms with Crippen molar-refractivity contribution in [2.24, 2.45) is 0 Å². The Kier molecular flexibility index (Phi) is 5.22. The molecule has 0 aliphatic carbocycles. The van der Waals surface area contributed by atoms with Crippen LogP contribution in [0.4, 0.5) is 0 Å². The first-order valence-corrected chi connectivity index (χ1v) is 7.30. The van der Waals surface area contributed by atoms with Crippen LogP contribution in [0.5, 0.6) is 0 Å². The maximum absolute atomic E-state index is 9.61. The Morgan fingerprint density at radius 3 is 2.06 bits per heavy atom. The topological polar surface area (TPSA) is 32.7 Å². The Bertz CT molecular complexity index is 245. The third kappa shape index (κ3) is 3.69. The average molecular weight is 257 g/mol. The van der Waals surface area contributed by atoms with Crippen molar-refractivity contribution in [3.63, 3.8) is 0 Å². The first-order chi connectivity index (χ1) is 8.23. The van der Waals surface area contributed by atoms with Gasteiger partial charge >= 0.3 is 0 Å². The van der Waals surface area contributed by atoms with Gasteiger partial charge in [0.1, 0.15) is 0 Å². The second-order valence-electron chi connectivity index (χ2n) is 6.79. The fourth-order valence-electron chi connectivity index (χ4n) is 3.57. The van der Waals surface area contributed by atoms with E-state index in [1.807, 2.05) is 6.92 Å². The fraction of sp³-hybridized carbons (Fsp3) is 1.00. The molecule has 0 spiro atoms. The number of aliphatic hydroxyl groups excluding tert-OH is 1. The predicted octanol–water partition coefficient (Wildman–Crippen LogP) is 2.82. The average Bonchev–Trinajstić information content (AvgIpc) is 2.23. The van der Waals surface area contributed by atoms with Gasteiger partial charge in [0.25, 0.3) is 0 Å². The molecule has 1 saturated heterocycles. The molecular weight excluding hydrogens is 226 g/mol. The van der Waals surface area contributed by atoms with Crippen LogP contribution in [0.2, 0.25) is 0 Å². The zero-order chi connectivity index (χ0) is 14.0. The van der Waals surface area contributed by atoms with Gasteiger partial charge < -0.3 is 9.84 Å². The van der Waals surface area contributed by atoms with Gasteiger partial charge in [-0.2, -0.15) is 0 Å². The van der Waals surface area contributed by atoms with Crippen molar-refractivity contribution >= 4 is 0 Å². The van der Waals surface area contributed by atoms with Crippen molar-refractivity contribution in [1.29, 1.82) is 0 Å². The Morgan fingerprint density at radius 1 is 1.17 bits per heavy atom. The number of rotatable bonds is 5. The third-order valence-corrected chi connectivity index (χ3v) is 4.23. The van der Waals surface area contributed by atoms with Gasteiger partial charge in [0.05, 0.1) is 18.8 Å². The molecule has 1 atom stereocenters. The molecule has 0 radical (unpaired) electrons. The smallest absolute Gasteiger partial charge is 0.0771 e. The van der Waals surface area contributed by atoms with E-state index in [4.69, 9.17) is 4.74 Å². The van der Waals surface area contributed by atoms with Gasteiger partial charge in [-0.15, -0.1) is 0 Å². The number of ether oxygens (including phenoxy) is 1. The van der Waals surface area contributed by atoms with Crippen molar-refractivity contribution < 1.29 is 9.84 Å². The highest BCUT2D eigenvalue weighted by Crippen LogP contribution is 2.39. The van der Waals surface area contributed by atoms with Crippen LogP contribution in [0, 0.1) is 0 Å². The fourth-order valence-corrected chi connectivity index (χ4v) is 3.57. The second kappa shape index (κ2) is 5.89. The van der Waals surface area contributed by atoms with Gasteiger partial charge in [-0.1, -0.05) is 13.8 Å². The maximum Gasteiger partial charge on any atom is 0.0771 e. The first-order valence-electron chi connectivity index (χ1n) is 7.30. The summed E-state index contributed by atoms with van der Waals surface area (Å²) in [6, 6.07) is 0. The van der Waals surface area contributed by atoms with E-state index in [1.54, 1.807) is 0 Å². The summed E-state index contributed by atoms with van der Waals surface area (Å²) in [4.78, 5) is 2.57. The van der Waals surface area contributed by atoms with E-state index < -0.39 is 0 Å². The summed E-state index contributed by atoms with van der Waals surface area (Å²) in [7, 11) is 0. The highest BCUT2D eigenvalue weighted by Gasteiger charge is 2.44. The minimum atomic E-state index is -0.319. The van der Waals surface area contributed by atoms with E-state index in [0.717, 1.165) is 25.8 Å². The lowest BCUT2D eigenvalue weighted by Gasteiger charge is -2.55. The van der Waals surface area contributed by atoms with E-state index in [1.165, 1.54) is 0 Å². The Balaban J connectivity index is 2.65. The lowest BCUT2D eigenvalue weighted by Crippen LogP contribution is -2.62. The largest absolute Gasteiger partial charge is 0.391 e. The molecule has 0 aromatic heterocycles. The molecule has 0 aromatic carbocycles. The number of aliphatic hydroxyl groups is 1. The van der Waals surface area contributed by atoms with Crippen LogP contribution in [-0.2, 0) is 4.74 Å². The van der Waals surface area contributed by atoms with Crippen molar-refractivity contribution in [1.82, 2.24) is 4.90 Å². The summed E-state index contributed by atoms with van der Waals surface area (Å²) >= 11 is 0. The highest BCUT2D eigenvalue weighted by molar-refractivity contribution is 5.00. The molecule has 0 saturated carbocycles. The van der Waals surface area contributed by atoms with E-state index >= 15 is 0 Å². The molecular formula is C15H31NO2. The van der Waals surface area contributed by atoms with Gasteiger partial charge in [0.2, 0.25) is 0 Å². The molecule has 1 aliphatic heterocycles. The molecule has 1 rings (SSSR count). The monoisotopic (exact) mass is 257 g/mol. The number of hydrogen-bond acceptors (Lipinski definition) is 3. The van der Waals surface area contributed by atoms with Gasteiger partial charge in [0.15, 0.2) is 0 Å². The third-order valence-electron chi connectivity index (χ3n) is 4.23. The predicted molar refractivity (Wildman–Crippen MR) is 75.8 cm³/mol. The summed E-state index contributed by atoms with van der Waals surface area (Å²) in [5.74, 6) is 0. The Labute approximate surface area is 113 Å². The van der Waals surface area contributed by atoms with Gasteiger partial charge in [-0.3, -0.25) is 4.90 Å². The molecule has 0 bridgehead atoms. The van der Waals surface area contributed by atoms with E-state index in [0.29, 0.717) is 6.61 Å². The SMILES string of the molecule is CCC(O)COC1CC(C)(C)N(CC)C(C)(C)C1. The van der Waals surface area contributed by atoms with Crippen molar-refractivity contribution in [3.05, 3.63) is 0 Å². The molecule has 0 aromatic rings. The molecule has 1 unspecified atom stereocenters. The van der Waals surface area contributed by atoms with Crippen LogP contribution in [0.15, 0.2) is 0 Å². The maximum atomic E-state index is 9.61. The molecule has 108 valence electrons. The van der Waals surface area contributed by atoms with Crippen LogP contribution in [0.25, 0.3) is 0 Å². The molecule has 3 nitrogen and oxygen atoms in total. The van der Waals surface area contributed by atoms with Crippen LogP contribution >= 0.6 is 0 Å².